The molecule has 0 radical (unpaired) electrons. The molecule has 2 heterocycles. The fraction of sp³-hybridized carbons (Fsp3) is 0.350. The number of urea groups is 1. The molecule has 6 nitrogen and oxygen atoms in total. The lowest BCUT2D eigenvalue weighted by Crippen LogP contribution is -2.39. The number of anilines is 1. The van der Waals surface area contributed by atoms with Crippen LogP contribution in [0.3, 0.4) is 0 Å². The smallest absolute Gasteiger partial charge is 0.325 e. The van der Waals surface area contributed by atoms with Gasteiger partial charge in [0.1, 0.15) is 6.54 Å². The van der Waals surface area contributed by atoms with Gasteiger partial charge in [-0.25, -0.2) is 4.79 Å². The fourth-order valence-corrected chi connectivity index (χ4v) is 2.94. The van der Waals surface area contributed by atoms with Crippen molar-refractivity contribution in [2.75, 3.05) is 24.5 Å². The first-order valence-electron chi connectivity index (χ1n) is 8.86. The molecule has 0 saturated carbocycles. The highest BCUT2D eigenvalue weighted by Crippen LogP contribution is 2.23. The molecule has 1 aromatic carbocycles. The molecule has 136 valence electrons. The quantitative estimate of drug-likeness (QED) is 0.869. The second-order valence-corrected chi connectivity index (χ2v) is 6.74. The van der Waals surface area contributed by atoms with E-state index in [1.165, 1.54) is 5.56 Å². The summed E-state index contributed by atoms with van der Waals surface area (Å²) in [7, 11) is 0. The zero-order valence-corrected chi connectivity index (χ0v) is 15.2. The molecule has 3 rings (SSSR count). The van der Waals surface area contributed by atoms with E-state index in [2.05, 4.69) is 36.3 Å². The average molecular weight is 352 g/mol. The van der Waals surface area contributed by atoms with Crippen molar-refractivity contribution < 1.29 is 9.59 Å². The maximum absolute atomic E-state index is 12.6. The third-order valence-electron chi connectivity index (χ3n) is 4.51. The van der Waals surface area contributed by atoms with Gasteiger partial charge in [-0.05, 0) is 35.2 Å². The van der Waals surface area contributed by atoms with Gasteiger partial charge in [-0.2, -0.15) is 0 Å². The minimum Gasteiger partial charge on any atom is -0.350 e. The van der Waals surface area contributed by atoms with Crippen LogP contribution in [0.25, 0.3) is 0 Å². The second-order valence-electron chi connectivity index (χ2n) is 6.74. The number of hydrogen-bond acceptors (Lipinski definition) is 3. The van der Waals surface area contributed by atoms with Gasteiger partial charge in [-0.15, -0.1) is 0 Å². The highest BCUT2D eigenvalue weighted by Gasteiger charge is 2.30. The number of aromatic nitrogens is 1. The first-order valence-corrected chi connectivity index (χ1v) is 8.86. The first-order chi connectivity index (χ1) is 12.5. The molecule has 0 aliphatic carbocycles. The molecule has 1 aliphatic heterocycles. The number of amides is 3. The lowest BCUT2D eigenvalue weighted by molar-refractivity contribution is -0.121. The van der Waals surface area contributed by atoms with Crippen LogP contribution in [0.4, 0.5) is 10.5 Å². The Hall–Kier alpha value is -2.89. The number of nitrogens with zero attached hydrogens (tertiary/aromatic N) is 3. The van der Waals surface area contributed by atoms with E-state index < -0.39 is 0 Å². The summed E-state index contributed by atoms with van der Waals surface area (Å²) in [4.78, 5) is 32.0. The third-order valence-corrected chi connectivity index (χ3v) is 4.51. The van der Waals surface area contributed by atoms with Gasteiger partial charge >= 0.3 is 6.03 Å². The molecule has 1 fully saturated rings. The van der Waals surface area contributed by atoms with Crippen LogP contribution >= 0.6 is 0 Å². The lowest BCUT2D eigenvalue weighted by Gasteiger charge is -2.19. The molecule has 26 heavy (non-hydrogen) atoms. The average Bonchev–Trinajstić information content (AvgIpc) is 3.01. The minimum atomic E-state index is -0.167. The summed E-state index contributed by atoms with van der Waals surface area (Å²) in [5.41, 5.74) is 3.05. The van der Waals surface area contributed by atoms with Crippen molar-refractivity contribution in [3.05, 3.63) is 59.9 Å². The van der Waals surface area contributed by atoms with Crippen LogP contribution in [0.1, 0.15) is 30.9 Å². The summed E-state index contributed by atoms with van der Waals surface area (Å²) in [5.74, 6) is 0.289. The van der Waals surface area contributed by atoms with Crippen LogP contribution in [0.2, 0.25) is 0 Å². The Morgan fingerprint density at radius 2 is 1.96 bits per heavy atom. The maximum atomic E-state index is 12.6. The van der Waals surface area contributed by atoms with E-state index in [0.717, 1.165) is 11.3 Å². The summed E-state index contributed by atoms with van der Waals surface area (Å²) < 4.78 is 0. The molecule has 3 amide bonds. The summed E-state index contributed by atoms with van der Waals surface area (Å²) in [6, 6.07) is 11.6. The summed E-state index contributed by atoms with van der Waals surface area (Å²) in [5, 5.41) is 2.83. The lowest BCUT2D eigenvalue weighted by atomic mass is 10.0. The second kappa shape index (κ2) is 7.99. The molecule has 0 bridgehead atoms. The van der Waals surface area contributed by atoms with Crippen molar-refractivity contribution in [3.8, 4) is 0 Å². The Kier molecular flexibility index (Phi) is 5.51. The van der Waals surface area contributed by atoms with Crippen LogP contribution in [-0.4, -0.2) is 41.5 Å². The molecule has 1 aliphatic rings. The van der Waals surface area contributed by atoms with E-state index in [0.29, 0.717) is 25.6 Å². The first kappa shape index (κ1) is 17.9. The van der Waals surface area contributed by atoms with E-state index in [1.54, 1.807) is 22.2 Å². The largest absolute Gasteiger partial charge is 0.350 e. The van der Waals surface area contributed by atoms with Gasteiger partial charge in [0.2, 0.25) is 5.91 Å². The van der Waals surface area contributed by atoms with Crippen molar-refractivity contribution >= 4 is 17.6 Å². The predicted molar refractivity (Wildman–Crippen MR) is 101 cm³/mol. The highest BCUT2D eigenvalue weighted by molar-refractivity contribution is 5.96. The van der Waals surface area contributed by atoms with Crippen molar-refractivity contribution in [1.29, 1.82) is 0 Å². The van der Waals surface area contributed by atoms with E-state index in [1.807, 2.05) is 24.3 Å². The van der Waals surface area contributed by atoms with Gasteiger partial charge in [-0.1, -0.05) is 32.0 Å². The number of carbonyl (C=O) groups excluding carboxylic acids is 2. The zero-order valence-electron chi connectivity index (χ0n) is 15.2. The number of hydrogen-bond donors (Lipinski definition) is 1. The molecule has 1 N–H and O–H groups in total. The molecular weight excluding hydrogens is 328 g/mol. The third kappa shape index (κ3) is 4.20. The number of carbonyl (C=O) groups is 2. The van der Waals surface area contributed by atoms with E-state index in [9.17, 15) is 9.59 Å². The van der Waals surface area contributed by atoms with Gasteiger partial charge < -0.3 is 10.2 Å². The van der Waals surface area contributed by atoms with Gasteiger partial charge in [0.15, 0.2) is 0 Å². The molecule has 0 atom stereocenters. The van der Waals surface area contributed by atoms with Crippen LogP contribution < -0.4 is 10.2 Å². The molecule has 1 aromatic heterocycles. The van der Waals surface area contributed by atoms with E-state index >= 15 is 0 Å². The van der Waals surface area contributed by atoms with E-state index in [4.69, 9.17) is 0 Å². The van der Waals surface area contributed by atoms with Crippen molar-refractivity contribution in [1.82, 2.24) is 15.2 Å². The number of pyridine rings is 1. The topological polar surface area (TPSA) is 65.5 Å². The summed E-state index contributed by atoms with van der Waals surface area (Å²) >= 11 is 0. The number of rotatable bonds is 6. The Labute approximate surface area is 153 Å². The highest BCUT2D eigenvalue weighted by atomic mass is 16.2. The van der Waals surface area contributed by atoms with Gasteiger partial charge in [0.05, 0.1) is 0 Å². The molecule has 0 spiro atoms. The Morgan fingerprint density at radius 3 is 2.62 bits per heavy atom. The maximum Gasteiger partial charge on any atom is 0.325 e. The number of benzene rings is 1. The van der Waals surface area contributed by atoms with E-state index in [-0.39, 0.29) is 18.5 Å². The molecule has 6 heteroatoms. The molecule has 2 aromatic rings. The van der Waals surface area contributed by atoms with Crippen molar-refractivity contribution in [2.24, 2.45) is 0 Å². The van der Waals surface area contributed by atoms with Crippen molar-refractivity contribution in [2.45, 2.75) is 26.3 Å². The number of nitrogens with one attached hydrogen (secondary N) is 1. The minimum absolute atomic E-state index is 0.0691. The zero-order chi connectivity index (χ0) is 18.5. The van der Waals surface area contributed by atoms with Gasteiger partial charge in [-0.3, -0.25) is 14.7 Å². The fourth-order valence-electron chi connectivity index (χ4n) is 2.94. The standard InChI is InChI=1S/C20H24N4O2/c1-15(2)17-5-7-18(8-6-17)24-11-10-23(20(24)26)14-19(25)22-13-16-4-3-9-21-12-16/h3-9,12,15H,10-11,13-14H2,1-2H3,(H,22,25). The SMILES string of the molecule is CC(C)c1ccc(N2CCN(CC(=O)NCc3cccnc3)C2=O)cc1. The van der Waals surface area contributed by atoms with Crippen LogP contribution in [-0.2, 0) is 11.3 Å². The molecule has 0 unspecified atom stereocenters. The summed E-state index contributed by atoms with van der Waals surface area (Å²) in [6.45, 7) is 5.90. The Bertz CT molecular complexity index is 759. The van der Waals surface area contributed by atoms with Crippen LogP contribution in [0.5, 0.6) is 0 Å². The predicted octanol–water partition coefficient (Wildman–Crippen LogP) is 2.76. The normalized spacial score (nSPS) is 14.2. The Morgan fingerprint density at radius 1 is 1.19 bits per heavy atom. The Balaban J connectivity index is 1.54. The van der Waals surface area contributed by atoms with Crippen molar-refractivity contribution in [3.63, 3.8) is 0 Å². The monoisotopic (exact) mass is 352 g/mol. The van der Waals surface area contributed by atoms with Gasteiger partial charge in [0.25, 0.3) is 0 Å². The summed E-state index contributed by atoms with van der Waals surface area (Å²) in [6.07, 6.45) is 3.40. The van der Waals surface area contributed by atoms with Crippen LogP contribution in [0, 0.1) is 0 Å². The molecular formula is C20H24N4O2. The molecule has 1 saturated heterocycles. The van der Waals surface area contributed by atoms with Crippen LogP contribution in [0.15, 0.2) is 48.8 Å². The van der Waals surface area contributed by atoms with Gasteiger partial charge in [0, 0.05) is 37.7 Å².